The van der Waals surface area contributed by atoms with Gasteiger partial charge in [-0.2, -0.15) is 5.10 Å². The van der Waals surface area contributed by atoms with Crippen LogP contribution in [-0.2, 0) is 0 Å². The Hall–Kier alpha value is -1.10. The zero-order valence-electron chi connectivity index (χ0n) is 13.6. The van der Waals surface area contributed by atoms with Crippen molar-refractivity contribution in [3.8, 4) is 0 Å². The molecule has 0 aromatic carbocycles. The number of rotatable bonds is 3. The minimum atomic E-state index is 0.514. The molecule has 0 aliphatic heterocycles. The van der Waals surface area contributed by atoms with Gasteiger partial charge in [-0.3, -0.25) is 0 Å². The summed E-state index contributed by atoms with van der Waals surface area (Å²) in [5.74, 6) is 1.74. The summed E-state index contributed by atoms with van der Waals surface area (Å²) >= 11 is 5.53. The van der Waals surface area contributed by atoms with Crippen molar-refractivity contribution in [1.82, 2.24) is 15.1 Å². The molecular formula is C17H28N4S. The Balaban J connectivity index is 1.58. The lowest BCUT2D eigenvalue weighted by Gasteiger charge is -2.31. The highest BCUT2D eigenvalue weighted by Gasteiger charge is 2.23. The fraction of sp³-hybridized carbons (Fsp3) is 0.765. The Morgan fingerprint density at radius 3 is 2.64 bits per heavy atom. The summed E-state index contributed by atoms with van der Waals surface area (Å²) in [7, 11) is 0. The first-order chi connectivity index (χ1) is 10.7. The molecule has 2 aliphatic carbocycles. The first-order valence-electron chi connectivity index (χ1n) is 8.85. The molecule has 0 radical (unpaired) electrons. The van der Waals surface area contributed by atoms with Gasteiger partial charge in [0.1, 0.15) is 5.82 Å². The van der Waals surface area contributed by atoms with Crippen LogP contribution >= 0.6 is 12.2 Å². The van der Waals surface area contributed by atoms with E-state index < -0.39 is 0 Å². The van der Waals surface area contributed by atoms with Gasteiger partial charge in [0.2, 0.25) is 0 Å². The summed E-state index contributed by atoms with van der Waals surface area (Å²) < 4.78 is 2.14. The monoisotopic (exact) mass is 320 g/mol. The minimum absolute atomic E-state index is 0.514. The fourth-order valence-corrected chi connectivity index (χ4v) is 4.14. The van der Waals surface area contributed by atoms with Gasteiger partial charge in [0.15, 0.2) is 5.11 Å². The number of aromatic nitrogens is 2. The molecule has 2 N–H and O–H groups in total. The molecule has 0 amide bonds. The Labute approximate surface area is 139 Å². The topological polar surface area (TPSA) is 41.9 Å². The van der Waals surface area contributed by atoms with Crippen molar-refractivity contribution in [1.29, 1.82) is 0 Å². The summed E-state index contributed by atoms with van der Waals surface area (Å²) in [4.78, 5) is 0. The number of nitrogens with zero attached hydrogens (tertiary/aromatic N) is 2. The average Bonchev–Trinajstić information content (AvgIpc) is 2.98. The number of thiocarbonyl (C=S) groups is 1. The van der Waals surface area contributed by atoms with Crippen molar-refractivity contribution in [2.75, 3.05) is 5.32 Å². The van der Waals surface area contributed by atoms with E-state index in [1.54, 1.807) is 0 Å². The Morgan fingerprint density at radius 2 is 1.86 bits per heavy atom. The van der Waals surface area contributed by atoms with Gasteiger partial charge in [-0.25, -0.2) is 4.68 Å². The summed E-state index contributed by atoms with van der Waals surface area (Å²) in [6.45, 7) is 2.33. The number of anilines is 1. The summed E-state index contributed by atoms with van der Waals surface area (Å²) in [6, 6.07) is 3.08. The largest absolute Gasteiger partial charge is 0.359 e. The predicted molar refractivity (Wildman–Crippen MR) is 95.1 cm³/mol. The van der Waals surface area contributed by atoms with Crippen LogP contribution in [0, 0.1) is 5.92 Å². The third kappa shape index (κ3) is 3.80. The van der Waals surface area contributed by atoms with Crippen LogP contribution in [0.25, 0.3) is 0 Å². The zero-order chi connectivity index (χ0) is 15.4. The number of hydrogen-bond acceptors (Lipinski definition) is 2. The van der Waals surface area contributed by atoms with E-state index in [9.17, 15) is 0 Å². The second kappa shape index (κ2) is 7.44. The first-order valence-corrected chi connectivity index (χ1v) is 9.26. The first kappa shape index (κ1) is 15.8. The van der Waals surface area contributed by atoms with E-state index in [1.807, 2.05) is 12.3 Å². The van der Waals surface area contributed by atoms with Gasteiger partial charge in [0.05, 0.1) is 12.2 Å². The van der Waals surface area contributed by atoms with Gasteiger partial charge in [-0.15, -0.1) is 0 Å². The van der Waals surface area contributed by atoms with Gasteiger partial charge in [-0.05, 0) is 43.8 Å². The van der Waals surface area contributed by atoms with Crippen LogP contribution in [0.5, 0.6) is 0 Å². The molecule has 2 aliphatic rings. The van der Waals surface area contributed by atoms with Crippen molar-refractivity contribution in [3.05, 3.63) is 12.3 Å². The van der Waals surface area contributed by atoms with Crippen LogP contribution in [0.15, 0.2) is 12.3 Å². The predicted octanol–water partition coefficient (Wildman–Crippen LogP) is 4.25. The van der Waals surface area contributed by atoms with Crippen LogP contribution in [0.2, 0.25) is 0 Å². The van der Waals surface area contributed by atoms with Crippen molar-refractivity contribution >= 4 is 23.1 Å². The van der Waals surface area contributed by atoms with Crippen molar-refractivity contribution in [3.63, 3.8) is 0 Å². The molecule has 2 saturated carbocycles. The molecule has 1 aromatic heterocycles. The fourth-order valence-electron chi connectivity index (χ4n) is 3.88. The minimum Gasteiger partial charge on any atom is -0.359 e. The molecule has 5 heteroatoms. The highest BCUT2D eigenvalue weighted by Crippen LogP contribution is 2.30. The molecule has 0 saturated heterocycles. The summed E-state index contributed by atoms with van der Waals surface area (Å²) in [5.41, 5.74) is 0. The zero-order valence-corrected chi connectivity index (χ0v) is 14.4. The molecule has 2 atom stereocenters. The van der Waals surface area contributed by atoms with Gasteiger partial charge < -0.3 is 10.6 Å². The third-order valence-corrected chi connectivity index (χ3v) is 5.48. The second-order valence-corrected chi connectivity index (χ2v) is 7.33. The van der Waals surface area contributed by atoms with E-state index in [-0.39, 0.29) is 0 Å². The molecule has 2 fully saturated rings. The summed E-state index contributed by atoms with van der Waals surface area (Å²) in [6.07, 6.45) is 13.5. The molecule has 4 nitrogen and oxygen atoms in total. The Morgan fingerprint density at radius 1 is 1.14 bits per heavy atom. The lowest BCUT2D eigenvalue weighted by Crippen LogP contribution is -2.43. The highest BCUT2D eigenvalue weighted by molar-refractivity contribution is 7.80. The van der Waals surface area contributed by atoms with Gasteiger partial charge in [0, 0.05) is 12.1 Å². The Kier molecular flexibility index (Phi) is 5.34. The van der Waals surface area contributed by atoms with E-state index in [1.165, 1.54) is 57.8 Å². The number of nitrogens with one attached hydrogen (secondary N) is 2. The summed E-state index contributed by atoms with van der Waals surface area (Å²) in [5, 5.41) is 12.2. The average molecular weight is 321 g/mol. The SMILES string of the molecule is C[C@H]1CCCC[C@@H]1NC(=S)Nc1ccnn1C1CCCCC1. The molecule has 1 aromatic rings. The lowest BCUT2D eigenvalue weighted by atomic mass is 9.86. The van der Waals surface area contributed by atoms with Gasteiger partial charge in [-0.1, -0.05) is 39.0 Å². The van der Waals surface area contributed by atoms with Gasteiger partial charge >= 0.3 is 0 Å². The quantitative estimate of drug-likeness (QED) is 0.817. The molecule has 3 rings (SSSR count). The lowest BCUT2D eigenvalue weighted by molar-refractivity contribution is 0.309. The molecule has 22 heavy (non-hydrogen) atoms. The van der Waals surface area contributed by atoms with Crippen LogP contribution in [-0.4, -0.2) is 20.9 Å². The second-order valence-electron chi connectivity index (χ2n) is 6.92. The van der Waals surface area contributed by atoms with E-state index in [2.05, 4.69) is 27.3 Å². The van der Waals surface area contributed by atoms with Gasteiger partial charge in [0.25, 0.3) is 0 Å². The van der Waals surface area contributed by atoms with E-state index in [4.69, 9.17) is 12.2 Å². The molecule has 0 unspecified atom stereocenters. The smallest absolute Gasteiger partial charge is 0.172 e. The van der Waals surface area contributed by atoms with Crippen LogP contribution < -0.4 is 10.6 Å². The molecule has 0 bridgehead atoms. The maximum Gasteiger partial charge on any atom is 0.172 e. The molecule has 0 spiro atoms. The van der Waals surface area contributed by atoms with Crippen LogP contribution in [0.3, 0.4) is 0 Å². The maximum absolute atomic E-state index is 5.53. The van der Waals surface area contributed by atoms with E-state index in [0.29, 0.717) is 18.0 Å². The van der Waals surface area contributed by atoms with Crippen LogP contribution in [0.1, 0.15) is 70.8 Å². The normalized spacial score (nSPS) is 26.6. The highest BCUT2D eigenvalue weighted by atomic mass is 32.1. The van der Waals surface area contributed by atoms with Crippen molar-refractivity contribution < 1.29 is 0 Å². The number of hydrogen-bond donors (Lipinski definition) is 2. The van der Waals surface area contributed by atoms with Crippen molar-refractivity contribution in [2.24, 2.45) is 5.92 Å². The third-order valence-electron chi connectivity index (χ3n) is 5.26. The molecular weight excluding hydrogens is 292 g/mol. The van der Waals surface area contributed by atoms with E-state index >= 15 is 0 Å². The Bertz CT molecular complexity index is 493. The van der Waals surface area contributed by atoms with Crippen molar-refractivity contribution in [2.45, 2.75) is 76.8 Å². The van der Waals surface area contributed by atoms with Crippen LogP contribution in [0.4, 0.5) is 5.82 Å². The van der Waals surface area contributed by atoms with E-state index in [0.717, 1.165) is 10.9 Å². The molecule has 1 heterocycles. The standard InChI is InChI=1S/C17H28N4S/c1-13-7-5-6-10-15(13)19-17(22)20-16-11-12-18-21(16)14-8-3-2-4-9-14/h11-15H,2-10H2,1H3,(H2,19,20,22)/t13-,15-/m0/s1. The molecule has 122 valence electrons. The maximum atomic E-state index is 5.53.